The number of hydrogen-bond donors (Lipinski definition) is 0. The minimum atomic E-state index is 0.143. The normalized spacial score (nSPS) is 21.9. The monoisotopic (exact) mass is 244 g/mol. The molecule has 0 N–H and O–H groups in total. The van der Waals surface area contributed by atoms with E-state index in [0.717, 1.165) is 12.8 Å². The minimum Gasteiger partial charge on any atom is -0.367 e. The lowest BCUT2D eigenvalue weighted by Gasteiger charge is -2.01. The van der Waals surface area contributed by atoms with Gasteiger partial charge in [-0.1, -0.05) is 42.0 Å². The molecule has 18 heavy (non-hydrogen) atoms. The lowest BCUT2D eigenvalue weighted by molar-refractivity contribution is 0.320. The Morgan fingerprint density at radius 3 is 2.56 bits per heavy atom. The largest absolute Gasteiger partial charge is 0.367 e. The highest BCUT2D eigenvalue weighted by Crippen LogP contribution is 2.38. The van der Waals surface area contributed by atoms with Crippen LogP contribution in [-0.4, -0.2) is 11.7 Å². The highest BCUT2D eigenvalue weighted by atomic mass is 16.6. The molecule has 0 amide bonds. The molecular formula is C17H24O. The van der Waals surface area contributed by atoms with E-state index in [4.69, 9.17) is 4.74 Å². The third kappa shape index (κ3) is 3.99. The molecule has 98 valence electrons. The summed E-state index contributed by atoms with van der Waals surface area (Å²) in [6.07, 6.45) is 7.48. The van der Waals surface area contributed by atoms with E-state index in [1.54, 1.807) is 0 Å². The molecule has 1 heteroatoms. The van der Waals surface area contributed by atoms with Gasteiger partial charge < -0.3 is 4.74 Å². The fourth-order valence-electron chi connectivity index (χ4n) is 2.33. The van der Waals surface area contributed by atoms with Crippen molar-refractivity contribution in [2.24, 2.45) is 0 Å². The Balaban J connectivity index is 1.66. The van der Waals surface area contributed by atoms with Gasteiger partial charge in [0.1, 0.15) is 0 Å². The Bertz CT molecular complexity index is 403. The summed E-state index contributed by atoms with van der Waals surface area (Å²) in [5.74, 6) is 0. The summed E-state index contributed by atoms with van der Waals surface area (Å²) in [4.78, 5) is 0. The highest BCUT2D eigenvalue weighted by molar-refractivity contribution is 5.15. The van der Waals surface area contributed by atoms with Crippen LogP contribution in [0.5, 0.6) is 0 Å². The molecule has 0 saturated carbocycles. The van der Waals surface area contributed by atoms with E-state index >= 15 is 0 Å². The molecule has 1 aliphatic heterocycles. The lowest BCUT2D eigenvalue weighted by Crippen LogP contribution is -2.02. The predicted molar refractivity (Wildman–Crippen MR) is 76.7 cm³/mol. The molecule has 1 heterocycles. The maximum Gasteiger partial charge on any atom is 0.0892 e. The van der Waals surface area contributed by atoms with Crippen molar-refractivity contribution < 1.29 is 4.74 Å². The van der Waals surface area contributed by atoms with Crippen molar-refractivity contribution >= 4 is 0 Å². The summed E-state index contributed by atoms with van der Waals surface area (Å²) in [7, 11) is 0. The molecular weight excluding hydrogens is 220 g/mol. The second-order valence-electron chi connectivity index (χ2n) is 5.82. The van der Waals surface area contributed by atoms with Gasteiger partial charge in [0.2, 0.25) is 0 Å². The van der Waals surface area contributed by atoms with Gasteiger partial charge in [-0.05, 0) is 52.0 Å². The topological polar surface area (TPSA) is 12.5 Å². The Kier molecular flexibility index (Phi) is 4.23. The van der Waals surface area contributed by atoms with Crippen LogP contribution < -0.4 is 0 Å². The third-order valence-corrected chi connectivity index (χ3v) is 3.73. The van der Waals surface area contributed by atoms with Crippen molar-refractivity contribution in [1.29, 1.82) is 0 Å². The number of aryl methyl sites for hydroxylation is 1. The molecule has 1 aromatic rings. The SMILES string of the molecule is C/C(=C\CCc1ccccc1)CC[C@@H]1OC1(C)C. The number of benzene rings is 1. The Morgan fingerprint density at radius 2 is 1.94 bits per heavy atom. The molecule has 1 saturated heterocycles. The van der Waals surface area contributed by atoms with E-state index in [0.29, 0.717) is 6.10 Å². The van der Waals surface area contributed by atoms with Gasteiger partial charge in [0.15, 0.2) is 0 Å². The number of allylic oxidation sites excluding steroid dienone is 2. The Morgan fingerprint density at radius 1 is 1.28 bits per heavy atom. The molecule has 1 aliphatic rings. The van der Waals surface area contributed by atoms with Crippen molar-refractivity contribution in [3.05, 3.63) is 47.5 Å². The molecule has 2 rings (SSSR count). The molecule has 0 aliphatic carbocycles. The van der Waals surface area contributed by atoms with Gasteiger partial charge in [-0.2, -0.15) is 0 Å². The zero-order chi connectivity index (χ0) is 13.0. The molecule has 0 radical (unpaired) electrons. The average molecular weight is 244 g/mol. The summed E-state index contributed by atoms with van der Waals surface area (Å²) >= 11 is 0. The fourth-order valence-corrected chi connectivity index (χ4v) is 2.33. The lowest BCUT2D eigenvalue weighted by atomic mass is 10.0. The summed E-state index contributed by atoms with van der Waals surface area (Å²) in [6.45, 7) is 6.58. The molecule has 0 spiro atoms. The van der Waals surface area contributed by atoms with Crippen LogP contribution in [0.15, 0.2) is 42.0 Å². The van der Waals surface area contributed by atoms with E-state index in [1.165, 1.54) is 24.0 Å². The maximum absolute atomic E-state index is 5.60. The quantitative estimate of drug-likeness (QED) is 0.529. The first-order valence-corrected chi connectivity index (χ1v) is 6.95. The zero-order valence-corrected chi connectivity index (χ0v) is 11.8. The number of rotatable bonds is 6. The first kappa shape index (κ1) is 13.4. The van der Waals surface area contributed by atoms with Crippen LogP contribution in [0.3, 0.4) is 0 Å². The van der Waals surface area contributed by atoms with Crippen molar-refractivity contribution in [2.75, 3.05) is 0 Å². The van der Waals surface area contributed by atoms with Crippen molar-refractivity contribution in [2.45, 2.75) is 58.2 Å². The minimum absolute atomic E-state index is 0.143. The average Bonchev–Trinajstić information content (AvgIpc) is 2.96. The first-order chi connectivity index (χ1) is 8.58. The molecule has 1 fully saturated rings. The van der Waals surface area contributed by atoms with Crippen LogP contribution in [-0.2, 0) is 11.2 Å². The summed E-state index contributed by atoms with van der Waals surface area (Å²) in [5.41, 5.74) is 3.06. The predicted octanol–water partition coefficient (Wildman–Crippen LogP) is 4.52. The Labute approximate surface area is 111 Å². The standard InChI is InChI=1S/C17H24O/c1-14(12-13-16-17(2,3)18-16)8-7-11-15-9-5-4-6-10-15/h4-6,8-10,16H,7,11-13H2,1-3H3/b14-8+/t16-/m0/s1. The number of epoxide rings is 1. The summed E-state index contributed by atoms with van der Waals surface area (Å²) < 4.78 is 5.60. The van der Waals surface area contributed by atoms with Gasteiger partial charge in [-0.15, -0.1) is 0 Å². The molecule has 1 aromatic carbocycles. The van der Waals surface area contributed by atoms with Gasteiger partial charge in [-0.3, -0.25) is 0 Å². The fraction of sp³-hybridized carbons (Fsp3) is 0.529. The van der Waals surface area contributed by atoms with Crippen LogP contribution in [0.4, 0.5) is 0 Å². The maximum atomic E-state index is 5.60. The van der Waals surface area contributed by atoms with E-state index in [2.05, 4.69) is 57.2 Å². The first-order valence-electron chi connectivity index (χ1n) is 6.95. The van der Waals surface area contributed by atoms with Crippen LogP contribution in [0.2, 0.25) is 0 Å². The van der Waals surface area contributed by atoms with Crippen LogP contribution in [0.1, 0.15) is 45.6 Å². The van der Waals surface area contributed by atoms with Gasteiger partial charge in [0, 0.05) is 0 Å². The number of hydrogen-bond acceptors (Lipinski definition) is 1. The van der Waals surface area contributed by atoms with Crippen molar-refractivity contribution in [3.8, 4) is 0 Å². The summed E-state index contributed by atoms with van der Waals surface area (Å²) in [6, 6.07) is 10.7. The smallest absolute Gasteiger partial charge is 0.0892 e. The Hall–Kier alpha value is -1.08. The molecule has 1 nitrogen and oxygen atoms in total. The number of ether oxygens (including phenoxy) is 1. The zero-order valence-electron chi connectivity index (χ0n) is 11.8. The second kappa shape index (κ2) is 5.71. The van der Waals surface area contributed by atoms with Crippen molar-refractivity contribution in [1.82, 2.24) is 0 Å². The molecule has 0 unspecified atom stereocenters. The van der Waals surface area contributed by atoms with Gasteiger partial charge in [0.25, 0.3) is 0 Å². The van der Waals surface area contributed by atoms with E-state index in [-0.39, 0.29) is 5.60 Å². The third-order valence-electron chi connectivity index (χ3n) is 3.73. The second-order valence-corrected chi connectivity index (χ2v) is 5.82. The van der Waals surface area contributed by atoms with Crippen molar-refractivity contribution in [3.63, 3.8) is 0 Å². The van der Waals surface area contributed by atoms with Gasteiger partial charge >= 0.3 is 0 Å². The van der Waals surface area contributed by atoms with Crippen LogP contribution >= 0.6 is 0 Å². The van der Waals surface area contributed by atoms with Gasteiger partial charge in [0.05, 0.1) is 11.7 Å². The molecule has 0 bridgehead atoms. The van der Waals surface area contributed by atoms with E-state index < -0.39 is 0 Å². The molecule has 1 atom stereocenters. The molecule has 0 aromatic heterocycles. The highest BCUT2D eigenvalue weighted by Gasteiger charge is 2.46. The summed E-state index contributed by atoms with van der Waals surface area (Å²) in [5, 5.41) is 0. The van der Waals surface area contributed by atoms with E-state index in [9.17, 15) is 0 Å². The van der Waals surface area contributed by atoms with Crippen LogP contribution in [0, 0.1) is 0 Å². The van der Waals surface area contributed by atoms with Gasteiger partial charge in [-0.25, -0.2) is 0 Å². The van der Waals surface area contributed by atoms with Crippen LogP contribution in [0.25, 0.3) is 0 Å². The van der Waals surface area contributed by atoms with E-state index in [1.807, 2.05) is 0 Å².